The zero-order valence-corrected chi connectivity index (χ0v) is 15.5. The van der Waals surface area contributed by atoms with E-state index >= 15 is 0 Å². The molecule has 2 aromatic rings. The summed E-state index contributed by atoms with van der Waals surface area (Å²) in [6, 6.07) is 16.8. The van der Waals surface area contributed by atoms with Crippen LogP contribution in [0.4, 0.5) is 0 Å². The lowest BCUT2D eigenvalue weighted by atomic mass is 10.2. The van der Waals surface area contributed by atoms with E-state index in [1.165, 1.54) is 6.26 Å². The van der Waals surface area contributed by atoms with Gasteiger partial charge in [-0.1, -0.05) is 61.0 Å². The first-order valence-corrected chi connectivity index (χ1v) is 9.73. The minimum Gasteiger partial charge on any atom is -0.500 e. The van der Waals surface area contributed by atoms with Gasteiger partial charge in [0.15, 0.2) is 0 Å². The highest BCUT2D eigenvalue weighted by Gasteiger charge is 2.24. The molecule has 0 bridgehead atoms. The maximum atomic E-state index is 12.9. The highest BCUT2D eigenvalue weighted by Crippen LogP contribution is 2.26. The predicted molar refractivity (Wildman–Crippen MR) is 102 cm³/mol. The molecular formula is C21H24O3S. The molecule has 1 atom stereocenters. The third-order valence-electron chi connectivity index (χ3n) is 3.99. The van der Waals surface area contributed by atoms with Crippen molar-refractivity contribution >= 4 is 9.84 Å². The zero-order valence-electron chi connectivity index (χ0n) is 14.7. The molecule has 132 valence electrons. The van der Waals surface area contributed by atoms with Crippen molar-refractivity contribution in [2.24, 2.45) is 5.92 Å². The van der Waals surface area contributed by atoms with Crippen LogP contribution in [-0.4, -0.2) is 15.0 Å². The van der Waals surface area contributed by atoms with Gasteiger partial charge < -0.3 is 4.74 Å². The molecule has 1 unspecified atom stereocenters. The first-order chi connectivity index (χ1) is 11.9. The lowest BCUT2D eigenvalue weighted by Gasteiger charge is -2.14. The van der Waals surface area contributed by atoms with E-state index in [-0.39, 0.29) is 15.7 Å². The summed E-state index contributed by atoms with van der Waals surface area (Å²) in [5.74, 6) is -0.331. The fourth-order valence-electron chi connectivity index (χ4n) is 2.35. The molecule has 0 N–H and O–H groups in total. The van der Waals surface area contributed by atoms with Gasteiger partial charge in [0.1, 0.15) is 0 Å². The maximum absolute atomic E-state index is 12.9. The van der Waals surface area contributed by atoms with E-state index in [0.717, 1.165) is 17.5 Å². The molecule has 0 saturated heterocycles. The number of sulfone groups is 1. The second-order valence-corrected chi connectivity index (χ2v) is 7.92. The fourth-order valence-corrected chi connectivity index (χ4v) is 3.89. The molecule has 2 aromatic carbocycles. The Bertz CT molecular complexity index is 819. The summed E-state index contributed by atoms with van der Waals surface area (Å²) in [7, 11) is -3.61. The van der Waals surface area contributed by atoms with Gasteiger partial charge in [0.05, 0.1) is 22.7 Å². The lowest BCUT2D eigenvalue weighted by Crippen LogP contribution is -2.12. The zero-order chi connectivity index (χ0) is 18.3. The van der Waals surface area contributed by atoms with E-state index in [1.807, 2.05) is 37.3 Å². The summed E-state index contributed by atoms with van der Waals surface area (Å²) in [6.45, 7) is 7.85. The van der Waals surface area contributed by atoms with E-state index in [9.17, 15) is 8.42 Å². The van der Waals surface area contributed by atoms with E-state index in [2.05, 4.69) is 6.58 Å². The minimum atomic E-state index is -3.61. The van der Waals surface area contributed by atoms with Crippen molar-refractivity contribution in [3.05, 3.63) is 89.5 Å². The molecule has 0 radical (unpaired) electrons. The van der Waals surface area contributed by atoms with Crippen LogP contribution < -0.4 is 0 Å². The Morgan fingerprint density at radius 3 is 2.36 bits per heavy atom. The summed E-state index contributed by atoms with van der Waals surface area (Å²) in [4.78, 5) is 0.490. The summed E-state index contributed by atoms with van der Waals surface area (Å²) in [5, 5.41) is 0. The highest BCUT2D eigenvalue weighted by atomic mass is 32.2. The molecule has 0 aliphatic carbocycles. The Morgan fingerprint density at radius 2 is 1.76 bits per heavy atom. The Hall–Kier alpha value is -2.33. The fraction of sp³-hybridized carbons (Fsp3) is 0.238. The van der Waals surface area contributed by atoms with Crippen molar-refractivity contribution in [3.63, 3.8) is 0 Å². The SMILES string of the molecule is C=CC(C)/C(=C/OCCc1ccccc1)S(=O)(=O)c1ccc(C)cc1. The normalized spacial score (nSPS) is 13.3. The number of hydrogen-bond donors (Lipinski definition) is 0. The Kier molecular flexibility index (Phi) is 6.59. The smallest absolute Gasteiger partial charge is 0.206 e. The Morgan fingerprint density at radius 1 is 1.12 bits per heavy atom. The van der Waals surface area contributed by atoms with Gasteiger partial charge in [0, 0.05) is 12.3 Å². The number of aryl methyl sites for hydroxylation is 1. The number of benzene rings is 2. The molecular weight excluding hydrogens is 332 g/mol. The highest BCUT2D eigenvalue weighted by molar-refractivity contribution is 7.95. The van der Waals surface area contributed by atoms with Crippen LogP contribution in [0.2, 0.25) is 0 Å². The average Bonchev–Trinajstić information content (AvgIpc) is 2.62. The van der Waals surface area contributed by atoms with E-state index < -0.39 is 9.84 Å². The van der Waals surface area contributed by atoms with Gasteiger partial charge in [-0.3, -0.25) is 0 Å². The Labute approximate surface area is 150 Å². The molecule has 0 amide bonds. The van der Waals surface area contributed by atoms with E-state index in [4.69, 9.17) is 4.74 Å². The van der Waals surface area contributed by atoms with Crippen molar-refractivity contribution in [1.82, 2.24) is 0 Å². The van der Waals surface area contributed by atoms with Crippen molar-refractivity contribution in [2.45, 2.75) is 25.2 Å². The topological polar surface area (TPSA) is 43.4 Å². The van der Waals surface area contributed by atoms with E-state index in [0.29, 0.717) is 6.61 Å². The van der Waals surface area contributed by atoms with Gasteiger partial charge in [-0.15, -0.1) is 6.58 Å². The van der Waals surface area contributed by atoms with Crippen LogP contribution in [0.5, 0.6) is 0 Å². The molecule has 2 rings (SSSR count). The van der Waals surface area contributed by atoms with Gasteiger partial charge in [-0.2, -0.15) is 0 Å². The number of allylic oxidation sites excluding steroid dienone is 2. The molecule has 25 heavy (non-hydrogen) atoms. The standard InChI is InChI=1S/C21H24O3S/c1-4-18(3)21(16-24-15-14-19-8-6-5-7-9-19)25(22,23)20-12-10-17(2)11-13-20/h4-13,16,18H,1,14-15H2,2-3H3/b21-16-. The molecule has 0 heterocycles. The molecule has 0 fully saturated rings. The second kappa shape index (κ2) is 8.67. The second-order valence-electron chi connectivity index (χ2n) is 5.97. The van der Waals surface area contributed by atoms with Crippen LogP contribution in [0.1, 0.15) is 18.1 Å². The molecule has 0 saturated carbocycles. The molecule has 0 aromatic heterocycles. The molecule has 4 heteroatoms. The lowest BCUT2D eigenvalue weighted by molar-refractivity contribution is 0.250. The van der Waals surface area contributed by atoms with Crippen LogP contribution >= 0.6 is 0 Å². The summed E-state index contributed by atoms with van der Waals surface area (Å²) in [6.07, 6.45) is 3.69. The molecule has 0 aliphatic heterocycles. The number of hydrogen-bond acceptors (Lipinski definition) is 3. The van der Waals surface area contributed by atoms with Crippen LogP contribution in [0.25, 0.3) is 0 Å². The minimum absolute atomic E-state index is 0.222. The van der Waals surface area contributed by atoms with Crippen molar-refractivity contribution in [2.75, 3.05) is 6.61 Å². The summed E-state index contributed by atoms with van der Waals surface area (Å²) < 4.78 is 31.4. The number of ether oxygens (including phenoxy) is 1. The first kappa shape index (κ1) is 19.0. The quantitative estimate of drug-likeness (QED) is 0.391. The summed E-state index contributed by atoms with van der Waals surface area (Å²) >= 11 is 0. The Balaban J connectivity index is 2.17. The van der Waals surface area contributed by atoms with Gasteiger partial charge in [0.2, 0.25) is 9.84 Å². The first-order valence-electron chi connectivity index (χ1n) is 8.25. The van der Waals surface area contributed by atoms with Gasteiger partial charge in [-0.25, -0.2) is 8.42 Å². The van der Waals surface area contributed by atoms with Crippen LogP contribution in [-0.2, 0) is 21.0 Å². The van der Waals surface area contributed by atoms with Crippen molar-refractivity contribution < 1.29 is 13.2 Å². The van der Waals surface area contributed by atoms with Crippen LogP contribution in [0.15, 0.2) is 83.3 Å². The van der Waals surface area contributed by atoms with E-state index in [1.54, 1.807) is 37.3 Å². The molecule has 3 nitrogen and oxygen atoms in total. The van der Waals surface area contributed by atoms with Crippen molar-refractivity contribution in [3.8, 4) is 0 Å². The maximum Gasteiger partial charge on any atom is 0.206 e. The molecule has 0 aliphatic rings. The monoisotopic (exact) mass is 356 g/mol. The third kappa shape index (κ3) is 5.07. The number of rotatable bonds is 8. The third-order valence-corrected chi connectivity index (χ3v) is 5.98. The van der Waals surface area contributed by atoms with Gasteiger partial charge in [0.25, 0.3) is 0 Å². The largest absolute Gasteiger partial charge is 0.500 e. The predicted octanol–water partition coefficient (Wildman–Crippen LogP) is 4.69. The van der Waals surface area contributed by atoms with Crippen LogP contribution in [0, 0.1) is 12.8 Å². The van der Waals surface area contributed by atoms with Gasteiger partial charge >= 0.3 is 0 Å². The van der Waals surface area contributed by atoms with Crippen molar-refractivity contribution in [1.29, 1.82) is 0 Å². The molecule has 0 spiro atoms. The van der Waals surface area contributed by atoms with Gasteiger partial charge in [-0.05, 0) is 24.6 Å². The van der Waals surface area contributed by atoms with Crippen LogP contribution in [0.3, 0.4) is 0 Å². The average molecular weight is 356 g/mol. The summed E-state index contributed by atoms with van der Waals surface area (Å²) in [5.41, 5.74) is 2.16.